The zero-order chi connectivity index (χ0) is 31.7. The van der Waals surface area contributed by atoms with E-state index in [0.717, 1.165) is 30.5 Å². The van der Waals surface area contributed by atoms with Crippen LogP contribution in [-0.4, -0.2) is 82.3 Å². The Morgan fingerprint density at radius 3 is 2.73 bits per heavy atom. The van der Waals surface area contributed by atoms with Crippen LogP contribution < -0.4 is 15.4 Å². The van der Waals surface area contributed by atoms with E-state index in [0.29, 0.717) is 40.2 Å². The maximum atomic E-state index is 16.0. The third-order valence-electron chi connectivity index (χ3n) is 8.97. The van der Waals surface area contributed by atoms with Crippen molar-refractivity contribution < 1.29 is 28.2 Å². The standard InChI is InChI=1S/C31H27ClF2N6O5/c1-37-11-16-7-8-39(22(16)13-37)27-19(15-3-4-17-5-6-18(30(42)43)29(41)40(17)12-15)10-35-28-24(27)23-25(34)20(33)9-21(26(23)36-28)38(2)31(44)45-14-32/h3-6,9-10,12,16,22H,7-8,11,13-14H2,1-2H3,(H,35,36)(H,42,43)/t16-,22+/m0/s1. The van der Waals surface area contributed by atoms with Crippen LogP contribution >= 0.6 is 11.6 Å². The Balaban J connectivity index is 1.54. The highest BCUT2D eigenvalue weighted by atomic mass is 35.5. The molecule has 232 valence electrons. The van der Waals surface area contributed by atoms with Gasteiger partial charge in [0.1, 0.15) is 11.2 Å². The lowest BCUT2D eigenvalue weighted by Crippen LogP contribution is -2.35. The highest BCUT2D eigenvalue weighted by molar-refractivity contribution is 6.20. The number of benzene rings is 1. The van der Waals surface area contributed by atoms with Crippen LogP contribution in [0, 0.1) is 17.6 Å². The topological polar surface area (TPSA) is 123 Å². The molecular formula is C31H27ClF2N6O5. The molecule has 2 atom stereocenters. The van der Waals surface area contributed by atoms with E-state index in [4.69, 9.17) is 16.3 Å². The van der Waals surface area contributed by atoms with Gasteiger partial charge in [-0.15, -0.1) is 0 Å². The van der Waals surface area contributed by atoms with Gasteiger partial charge in [0.2, 0.25) is 0 Å². The summed E-state index contributed by atoms with van der Waals surface area (Å²) >= 11 is 5.58. The number of carbonyl (C=O) groups is 2. The highest BCUT2D eigenvalue weighted by Crippen LogP contribution is 2.47. The Kier molecular flexibility index (Phi) is 6.89. The van der Waals surface area contributed by atoms with Gasteiger partial charge in [0.25, 0.3) is 5.56 Å². The summed E-state index contributed by atoms with van der Waals surface area (Å²) in [6, 6.07) is 6.84. The monoisotopic (exact) mass is 636 g/mol. The molecule has 0 spiro atoms. The van der Waals surface area contributed by atoms with E-state index in [9.17, 15) is 19.5 Å². The van der Waals surface area contributed by atoms with Crippen molar-refractivity contribution >= 4 is 62.5 Å². The summed E-state index contributed by atoms with van der Waals surface area (Å²) < 4.78 is 37.4. The smallest absolute Gasteiger partial charge is 0.415 e. The molecule has 2 saturated heterocycles. The first-order valence-corrected chi connectivity index (χ1v) is 14.8. The average molecular weight is 637 g/mol. The SMILES string of the molecule is CN1C[C@@H]2CCN(c3c(-c4ccc5ccc(C(=O)O)c(=O)n5c4)cnc4[nH]c5c(N(C)C(=O)OCCl)cc(F)c(F)c5c34)[C@@H]2C1. The number of carboxylic acid groups (broad SMARTS) is 1. The van der Waals surface area contributed by atoms with Crippen molar-refractivity contribution in [1.82, 2.24) is 19.3 Å². The van der Waals surface area contributed by atoms with Gasteiger partial charge in [0.05, 0.1) is 27.7 Å². The lowest BCUT2D eigenvalue weighted by Gasteiger charge is -2.29. The van der Waals surface area contributed by atoms with Gasteiger partial charge in [0.15, 0.2) is 17.7 Å². The van der Waals surface area contributed by atoms with Gasteiger partial charge < -0.3 is 24.6 Å². The van der Waals surface area contributed by atoms with Crippen LogP contribution in [0.3, 0.4) is 0 Å². The first kappa shape index (κ1) is 29.0. The molecule has 14 heteroatoms. The second-order valence-corrected chi connectivity index (χ2v) is 11.7. The number of fused-ring (bicyclic) bond motifs is 5. The van der Waals surface area contributed by atoms with E-state index in [1.807, 2.05) is 7.05 Å². The molecule has 45 heavy (non-hydrogen) atoms. The molecule has 2 aliphatic rings. The average Bonchev–Trinajstić information content (AvgIpc) is 3.70. The lowest BCUT2D eigenvalue weighted by molar-refractivity contribution is 0.0694. The van der Waals surface area contributed by atoms with Crippen molar-refractivity contribution in [2.75, 3.05) is 49.6 Å². The van der Waals surface area contributed by atoms with Crippen molar-refractivity contribution in [3.05, 3.63) is 70.3 Å². The van der Waals surface area contributed by atoms with Gasteiger partial charge >= 0.3 is 12.1 Å². The van der Waals surface area contributed by atoms with Crippen LogP contribution in [0.25, 0.3) is 38.6 Å². The van der Waals surface area contributed by atoms with Gasteiger partial charge in [-0.05, 0) is 37.6 Å². The van der Waals surface area contributed by atoms with Crippen molar-refractivity contribution in [2.24, 2.45) is 5.92 Å². The number of alkyl halides is 1. The number of nitrogens with zero attached hydrogens (tertiary/aromatic N) is 5. The first-order chi connectivity index (χ1) is 21.6. The van der Waals surface area contributed by atoms with Gasteiger partial charge in [-0.25, -0.2) is 23.4 Å². The Labute approximate surface area is 259 Å². The molecule has 2 fully saturated rings. The second kappa shape index (κ2) is 10.7. The number of hydrogen-bond donors (Lipinski definition) is 2. The number of hydrogen-bond acceptors (Lipinski definition) is 7. The molecule has 0 bridgehead atoms. The van der Waals surface area contributed by atoms with E-state index in [2.05, 4.69) is 19.8 Å². The van der Waals surface area contributed by atoms with Gasteiger partial charge in [-0.2, -0.15) is 0 Å². The maximum Gasteiger partial charge on any atom is 0.415 e. The molecule has 0 aliphatic carbocycles. The number of likely N-dealkylation sites (N-methyl/N-ethyl adjacent to an activating group) is 1. The largest absolute Gasteiger partial charge is 0.477 e. The fourth-order valence-corrected chi connectivity index (χ4v) is 7.00. The molecule has 2 N–H and O–H groups in total. The lowest BCUT2D eigenvalue weighted by atomic mass is 10.00. The number of amides is 1. The summed E-state index contributed by atoms with van der Waals surface area (Å²) in [5, 5.41) is 9.77. The number of aromatic carboxylic acids is 1. The summed E-state index contributed by atoms with van der Waals surface area (Å²) in [5.74, 6) is -3.27. The summed E-state index contributed by atoms with van der Waals surface area (Å²) in [6.07, 6.45) is 3.17. The highest BCUT2D eigenvalue weighted by Gasteiger charge is 2.42. The number of halogens is 3. The van der Waals surface area contributed by atoms with Crippen LogP contribution in [-0.2, 0) is 4.74 Å². The van der Waals surface area contributed by atoms with Gasteiger partial charge in [-0.3, -0.25) is 14.1 Å². The molecule has 7 rings (SSSR count). The predicted octanol–water partition coefficient (Wildman–Crippen LogP) is 4.88. The number of carbonyl (C=O) groups excluding carboxylic acids is 1. The van der Waals surface area contributed by atoms with Crippen molar-refractivity contribution in [3.63, 3.8) is 0 Å². The number of carboxylic acids is 1. The zero-order valence-corrected chi connectivity index (χ0v) is 24.9. The molecule has 11 nitrogen and oxygen atoms in total. The molecule has 0 unspecified atom stereocenters. The van der Waals surface area contributed by atoms with E-state index < -0.39 is 35.3 Å². The molecule has 4 aromatic heterocycles. The third kappa shape index (κ3) is 4.48. The Bertz CT molecular complexity index is 2120. The number of nitrogens with one attached hydrogen (secondary N) is 1. The van der Waals surface area contributed by atoms with Crippen molar-refractivity contribution in [1.29, 1.82) is 0 Å². The Hall–Kier alpha value is -4.75. The first-order valence-electron chi connectivity index (χ1n) is 14.2. The quantitative estimate of drug-likeness (QED) is 0.262. The number of anilines is 2. The van der Waals surface area contributed by atoms with E-state index in [1.165, 1.54) is 23.7 Å². The fraction of sp³-hybridized carbons (Fsp3) is 0.290. The predicted molar refractivity (Wildman–Crippen MR) is 165 cm³/mol. The maximum absolute atomic E-state index is 16.0. The normalized spacial score (nSPS) is 18.3. The molecular weight excluding hydrogens is 610 g/mol. The zero-order valence-electron chi connectivity index (χ0n) is 24.2. The molecule has 2 aliphatic heterocycles. The number of aromatic nitrogens is 3. The number of H-pyrrole nitrogens is 1. The van der Waals surface area contributed by atoms with E-state index >= 15 is 8.78 Å². The van der Waals surface area contributed by atoms with Crippen LogP contribution in [0.15, 0.2) is 47.5 Å². The van der Waals surface area contributed by atoms with Gasteiger partial charge in [-0.1, -0.05) is 17.7 Å². The number of pyridine rings is 3. The number of likely N-dealkylation sites (tertiary alicyclic amines) is 1. The fourth-order valence-electron chi connectivity index (χ4n) is 6.91. The van der Waals surface area contributed by atoms with Crippen LogP contribution in [0.2, 0.25) is 0 Å². The molecule has 5 aromatic rings. The van der Waals surface area contributed by atoms with Crippen molar-refractivity contribution in [3.8, 4) is 11.1 Å². The van der Waals surface area contributed by atoms with Crippen LogP contribution in [0.1, 0.15) is 16.8 Å². The summed E-state index contributed by atoms with van der Waals surface area (Å²) in [6.45, 7) is 2.29. The molecule has 1 aromatic carbocycles. The summed E-state index contributed by atoms with van der Waals surface area (Å²) in [5.41, 5.74) is 1.52. The third-order valence-corrected chi connectivity index (χ3v) is 9.07. The van der Waals surface area contributed by atoms with Gasteiger partial charge in [0, 0.05) is 67.8 Å². The summed E-state index contributed by atoms with van der Waals surface area (Å²) in [7, 11) is 3.40. The molecule has 0 radical (unpaired) electrons. The van der Waals surface area contributed by atoms with E-state index in [-0.39, 0.29) is 33.8 Å². The number of rotatable bonds is 5. The molecule has 1 amide bonds. The Morgan fingerprint density at radius 1 is 1.20 bits per heavy atom. The second-order valence-electron chi connectivity index (χ2n) is 11.5. The molecule has 6 heterocycles. The molecule has 0 saturated carbocycles. The minimum absolute atomic E-state index is 0.0304. The van der Waals surface area contributed by atoms with Crippen molar-refractivity contribution in [2.45, 2.75) is 12.5 Å². The van der Waals surface area contributed by atoms with Crippen LogP contribution in [0.4, 0.5) is 25.0 Å². The minimum atomic E-state index is -1.34. The summed E-state index contributed by atoms with van der Waals surface area (Å²) in [4.78, 5) is 50.5. The minimum Gasteiger partial charge on any atom is -0.477 e. The van der Waals surface area contributed by atoms with E-state index in [1.54, 1.807) is 24.4 Å². The van der Waals surface area contributed by atoms with Crippen LogP contribution in [0.5, 0.6) is 0 Å². The Morgan fingerprint density at radius 2 is 1.98 bits per heavy atom. The number of ether oxygens (including phenoxy) is 1. The number of aromatic amines is 1.